The van der Waals surface area contributed by atoms with Gasteiger partial charge in [-0.05, 0) is 39.3 Å². The van der Waals surface area contributed by atoms with Gasteiger partial charge in [0, 0.05) is 26.3 Å². The minimum Gasteiger partial charge on any atom is -0.393 e. The Bertz CT molecular complexity index is 483. The molecule has 2 rings (SSSR count). The van der Waals surface area contributed by atoms with E-state index < -0.39 is 6.10 Å². The molecule has 0 aliphatic carbocycles. The summed E-state index contributed by atoms with van der Waals surface area (Å²) >= 11 is 0. The third-order valence-electron chi connectivity index (χ3n) is 4.21. The summed E-state index contributed by atoms with van der Waals surface area (Å²) in [6.45, 7) is 6.44. The number of hydrogen-bond acceptors (Lipinski definition) is 4. The van der Waals surface area contributed by atoms with Crippen LogP contribution in [0.3, 0.4) is 0 Å². The average Bonchev–Trinajstić information content (AvgIpc) is 2.99. The molecule has 1 atom stereocenters. The monoisotopic (exact) mass is 323 g/mol. The van der Waals surface area contributed by atoms with Crippen molar-refractivity contribution in [3.8, 4) is 0 Å². The molecule has 1 aromatic heterocycles. The predicted molar refractivity (Wildman–Crippen MR) is 90.5 cm³/mol. The maximum Gasteiger partial charge on any atom is 0.321 e. The highest BCUT2D eigenvalue weighted by Crippen LogP contribution is 2.10. The van der Waals surface area contributed by atoms with Gasteiger partial charge >= 0.3 is 6.03 Å². The zero-order chi connectivity index (χ0) is 16.7. The predicted octanol–water partition coefficient (Wildman–Crippen LogP) is 1.60. The number of hydrogen-bond donors (Lipinski definition) is 2. The van der Waals surface area contributed by atoms with Crippen LogP contribution in [0.15, 0.2) is 12.4 Å². The first kappa shape index (κ1) is 17.7. The van der Waals surface area contributed by atoms with Gasteiger partial charge < -0.3 is 20.2 Å². The molecule has 1 aliphatic heterocycles. The van der Waals surface area contributed by atoms with Gasteiger partial charge in [-0.15, -0.1) is 0 Å². The molecule has 0 radical (unpaired) electrons. The van der Waals surface area contributed by atoms with Crippen LogP contribution in [-0.2, 0) is 6.54 Å². The minimum atomic E-state index is -0.400. The molecule has 7 nitrogen and oxygen atoms in total. The summed E-state index contributed by atoms with van der Waals surface area (Å²) in [7, 11) is 1.72. The number of carbonyl (C=O) groups excluding carboxylic acids is 1. The molecule has 2 N–H and O–H groups in total. The zero-order valence-corrected chi connectivity index (χ0v) is 14.2. The van der Waals surface area contributed by atoms with Crippen molar-refractivity contribution in [1.29, 1.82) is 0 Å². The molecule has 0 bridgehead atoms. The van der Waals surface area contributed by atoms with Gasteiger partial charge in [0.15, 0.2) is 0 Å². The van der Waals surface area contributed by atoms with Gasteiger partial charge in [0.25, 0.3) is 0 Å². The maximum atomic E-state index is 12.0. The fraction of sp³-hybridized carbons (Fsp3) is 0.750. The van der Waals surface area contributed by atoms with Crippen molar-refractivity contribution in [1.82, 2.24) is 19.6 Å². The molecule has 23 heavy (non-hydrogen) atoms. The van der Waals surface area contributed by atoms with Crippen LogP contribution in [0.2, 0.25) is 0 Å². The molecule has 0 spiro atoms. The molecule has 1 fully saturated rings. The van der Waals surface area contributed by atoms with Crippen LogP contribution in [0.25, 0.3) is 0 Å². The standard InChI is InChI=1S/C16H29N5O2/c1-14(22)6-9-19(2)16(23)18-15-12-17-21(13-15)11-10-20-7-4-3-5-8-20/h12-14,22H,3-11H2,1-2H3,(H,18,23). The minimum absolute atomic E-state index is 0.179. The van der Waals surface area contributed by atoms with Crippen molar-refractivity contribution < 1.29 is 9.90 Å². The highest BCUT2D eigenvalue weighted by molar-refractivity contribution is 5.88. The summed E-state index contributed by atoms with van der Waals surface area (Å²) in [6.07, 6.45) is 7.64. The Labute approximate surface area is 138 Å². The van der Waals surface area contributed by atoms with Crippen LogP contribution in [-0.4, -0.2) is 70.0 Å². The summed E-state index contributed by atoms with van der Waals surface area (Å²) in [5.41, 5.74) is 0.706. The van der Waals surface area contributed by atoms with E-state index in [1.165, 1.54) is 32.4 Å². The zero-order valence-electron chi connectivity index (χ0n) is 14.2. The number of aromatic nitrogens is 2. The van der Waals surface area contributed by atoms with E-state index in [9.17, 15) is 9.90 Å². The number of nitrogens with zero attached hydrogens (tertiary/aromatic N) is 4. The van der Waals surface area contributed by atoms with Crippen molar-refractivity contribution >= 4 is 11.7 Å². The summed E-state index contributed by atoms with van der Waals surface area (Å²) in [5.74, 6) is 0. The molecule has 1 unspecified atom stereocenters. The second kappa shape index (κ2) is 8.88. The number of aliphatic hydroxyl groups excluding tert-OH is 1. The lowest BCUT2D eigenvalue weighted by molar-refractivity contribution is 0.167. The Morgan fingerprint density at radius 2 is 2.13 bits per heavy atom. The molecular formula is C16H29N5O2. The van der Waals surface area contributed by atoms with Gasteiger partial charge in [-0.1, -0.05) is 6.42 Å². The van der Waals surface area contributed by atoms with Crippen LogP contribution in [0, 0.1) is 0 Å². The Morgan fingerprint density at radius 3 is 2.83 bits per heavy atom. The van der Waals surface area contributed by atoms with Crippen LogP contribution >= 0.6 is 0 Å². The molecule has 0 saturated carbocycles. The Kier molecular flexibility index (Phi) is 6.85. The second-order valence-electron chi connectivity index (χ2n) is 6.38. The first-order chi connectivity index (χ1) is 11.0. The fourth-order valence-electron chi connectivity index (χ4n) is 2.68. The fourth-order valence-corrected chi connectivity index (χ4v) is 2.68. The van der Waals surface area contributed by atoms with E-state index in [-0.39, 0.29) is 6.03 Å². The van der Waals surface area contributed by atoms with E-state index in [2.05, 4.69) is 15.3 Å². The van der Waals surface area contributed by atoms with Gasteiger partial charge in [0.2, 0.25) is 0 Å². The van der Waals surface area contributed by atoms with Gasteiger partial charge in [-0.25, -0.2) is 4.79 Å². The summed E-state index contributed by atoms with van der Waals surface area (Å²) in [4.78, 5) is 16.1. The summed E-state index contributed by atoms with van der Waals surface area (Å²) in [6, 6.07) is -0.179. The SMILES string of the molecule is CC(O)CCN(C)C(=O)Nc1cnn(CCN2CCCCC2)c1. The lowest BCUT2D eigenvalue weighted by Crippen LogP contribution is -2.33. The highest BCUT2D eigenvalue weighted by Gasteiger charge is 2.12. The summed E-state index contributed by atoms with van der Waals surface area (Å²) < 4.78 is 1.88. The highest BCUT2D eigenvalue weighted by atomic mass is 16.3. The third kappa shape index (κ3) is 6.19. The van der Waals surface area contributed by atoms with Crippen LogP contribution in [0.1, 0.15) is 32.6 Å². The third-order valence-corrected chi connectivity index (χ3v) is 4.21. The van der Waals surface area contributed by atoms with Crippen molar-refractivity contribution in [3.05, 3.63) is 12.4 Å². The first-order valence-electron chi connectivity index (χ1n) is 8.49. The van der Waals surface area contributed by atoms with E-state index in [1.54, 1.807) is 25.1 Å². The van der Waals surface area contributed by atoms with Crippen molar-refractivity contribution in [2.45, 2.75) is 45.3 Å². The average molecular weight is 323 g/mol. The molecule has 1 aromatic rings. The molecule has 130 valence electrons. The molecular weight excluding hydrogens is 294 g/mol. The molecule has 0 aromatic carbocycles. The number of anilines is 1. The number of aliphatic hydroxyl groups is 1. The van der Waals surface area contributed by atoms with Crippen LogP contribution < -0.4 is 5.32 Å². The molecule has 1 saturated heterocycles. The molecule has 7 heteroatoms. The van der Waals surface area contributed by atoms with Crippen molar-refractivity contribution in [2.24, 2.45) is 0 Å². The van der Waals surface area contributed by atoms with E-state index in [1.807, 2.05) is 10.9 Å². The number of rotatable bonds is 7. The number of amides is 2. The molecule has 2 amide bonds. The van der Waals surface area contributed by atoms with Crippen molar-refractivity contribution in [2.75, 3.05) is 38.5 Å². The van der Waals surface area contributed by atoms with Gasteiger partial charge in [0.1, 0.15) is 0 Å². The Morgan fingerprint density at radius 1 is 1.39 bits per heavy atom. The summed E-state index contributed by atoms with van der Waals surface area (Å²) in [5, 5.41) is 16.4. The topological polar surface area (TPSA) is 73.6 Å². The quantitative estimate of drug-likeness (QED) is 0.799. The largest absolute Gasteiger partial charge is 0.393 e. The number of carbonyl (C=O) groups is 1. The van der Waals surface area contributed by atoms with Crippen molar-refractivity contribution in [3.63, 3.8) is 0 Å². The normalized spacial score (nSPS) is 17.0. The number of urea groups is 1. The Hall–Kier alpha value is -1.60. The number of likely N-dealkylation sites (tertiary alicyclic amines) is 1. The van der Waals surface area contributed by atoms with E-state index in [0.29, 0.717) is 18.7 Å². The number of nitrogens with one attached hydrogen (secondary N) is 1. The molecule has 2 heterocycles. The van der Waals surface area contributed by atoms with Crippen LogP contribution in [0.5, 0.6) is 0 Å². The van der Waals surface area contributed by atoms with Gasteiger partial charge in [0.05, 0.1) is 24.5 Å². The van der Waals surface area contributed by atoms with Crippen LogP contribution in [0.4, 0.5) is 10.5 Å². The second-order valence-corrected chi connectivity index (χ2v) is 6.38. The number of piperidine rings is 1. The lowest BCUT2D eigenvalue weighted by Gasteiger charge is -2.26. The maximum absolute atomic E-state index is 12.0. The lowest BCUT2D eigenvalue weighted by atomic mass is 10.1. The smallest absolute Gasteiger partial charge is 0.321 e. The van der Waals surface area contributed by atoms with E-state index in [4.69, 9.17) is 0 Å². The Balaban J connectivity index is 1.74. The van der Waals surface area contributed by atoms with Gasteiger partial charge in [-0.2, -0.15) is 5.10 Å². The molecule has 1 aliphatic rings. The van der Waals surface area contributed by atoms with E-state index >= 15 is 0 Å². The van der Waals surface area contributed by atoms with E-state index in [0.717, 1.165) is 13.1 Å². The first-order valence-corrected chi connectivity index (χ1v) is 8.49. The van der Waals surface area contributed by atoms with Gasteiger partial charge in [-0.3, -0.25) is 4.68 Å².